The fourth-order valence-corrected chi connectivity index (χ4v) is 6.69. The van der Waals surface area contributed by atoms with Gasteiger partial charge in [0, 0.05) is 60.4 Å². The average Bonchev–Trinajstić information content (AvgIpc) is 3.38. The number of hydrogen-bond donors (Lipinski definition) is 0. The van der Waals surface area contributed by atoms with Gasteiger partial charge in [-0.05, 0) is 78.8 Å². The Labute approximate surface area is 276 Å². The second kappa shape index (κ2) is 15.0. The SMILES string of the molecule is CCOC(=O)CCCn1cc(Cc2cccc([N+](C)(c3ccc(CC(C)C)cc3)c3ccc(CC(C)C)cc3)c2)c2ccccc21. The van der Waals surface area contributed by atoms with Crippen molar-refractivity contribution in [1.82, 2.24) is 9.05 Å². The Hall–Kier alpha value is -4.15. The lowest BCUT2D eigenvalue weighted by Gasteiger charge is -2.34. The van der Waals surface area contributed by atoms with Crippen molar-refractivity contribution in [2.75, 3.05) is 13.7 Å². The van der Waals surface area contributed by atoms with Crippen molar-refractivity contribution in [3.8, 4) is 0 Å². The first-order valence-corrected chi connectivity index (χ1v) is 17.0. The number of ether oxygens (including phenoxy) is 1. The molecule has 240 valence electrons. The molecule has 0 aliphatic carbocycles. The number of rotatable bonds is 14. The van der Waals surface area contributed by atoms with E-state index in [0.29, 0.717) is 29.3 Å². The third-order valence-electron chi connectivity index (χ3n) is 8.97. The molecule has 1 heterocycles. The van der Waals surface area contributed by atoms with Crippen LogP contribution in [0.25, 0.3) is 10.9 Å². The van der Waals surface area contributed by atoms with E-state index in [1.807, 2.05) is 6.92 Å². The highest BCUT2D eigenvalue weighted by molar-refractivity contribution is 5.84. The van der Waals surface area contributed by atoms with Crippen LogP contribution in [0.2, 0.25) is 0 Å². The molecule has 0 atom stereocenters. The van der Waals surface area contributed by atoms with Crippen molar-refractivity contribution in [2.24, 2.45) is 11.8 Å². The zero-order valence-corrected chi connectivity index (χ0v) is 28.6. The van der Waals surface area contributed by atoms with Crippen LogP contribution in [0.1, 0.15) is 69.7 Å². The highest BCUT2D eigenvalue weighted by atomic mass is 16.5. The quantitative estimate of drug-likeness (QED) is 0.0919. The second-order valence-corrected chi connectivity index (χ2v) is 13.7. The summed E-state index contributed by atoms with van der Waals surface area (Å²) in [4.78, 5) is 11.9. The molecule has 0 saturated carbocycles. The van der Waals surface area contributed by atoms with Crippen molar-refractivity contribution in [1.29, 1.82) is 0 Å². The molecule has 0 N–H and O–H groups in total. The molecule has 0 fully saturated rings. The Balaban J connectivity index is 1.49. The number of hydrogen-bond acceptors (Lipinski definition) is 2. The maximum Gasteiger partial charge on any atom is 0.305 e. The van der Waals surface area contributed by atoms with E-state index in [-0.39, 0.29) is 5.97 Å². The number of carbonyl (C=O) groups excluding carboxylic acids is 1. The number of aromatic nitrogens is 1. The van der Waals surface area contributed by atoms with Gasteiger partial charge in [0.05, 0.1) is 13.7 Å². The first kappa shape index (κ1) is 33.2. The van der Waals surface area contributed by atoms with Crippen LogP contribution in [0.4, 0.5) is 17.1 Å². The smallest absolute Gasteiger partial charge is 0.305 e. The maximum absolute atomic E-state index is 11.9. The Kier molecular flexibility index (Phi) is 10.8. The van der Waals surface area contributed by atoms with E-state index in [4.69, 9.17) is 4.74 Å². The summed E-state index contributed by atoms with van der Waals surface area (Å²) >= 11 is 0. The minimum absolute atomic E-state index is 0.124. The van der Waals surface area contributed by atoms with Crippen molar-refractivity contribution < 1.29 is 9.53 Å². The zero-order chi connectivity index (χ0) is 32.7. The minimum atomic E-state index is -0.124. The van der Waals surface area contributed by atoms with Gasteiger partial charge < -0.3 is 9.30 Å². The van der Waals surface area contributed by atoms with E-state index >= 15 is 0 Å². The molecule has 1 aromatic heterocycles. The van der Waals surface area contributed by atoms with Gasteiger partial charge in [-0.25, -0.2) is 4.48 Å². The summed E-state index contributed by atoms with van der Waals surface area (Å²) in [5.74, 6) is 1.13. The Morgan fingerprint density at radius 3 is 1.93 bits per heavy atom. The first-order chi connectivity index (χ1) is 22.2. The molecule has 0 unspecified atom stereocenters. The van der Waals surface area contributed by atoms with Crippen molar-refractivity contribution >= 4 is 33.9 Å². The van der Waals surface area contributed by atoms with Crippen LogP contribution in [-0.2, 0) is 35.3 Å². The first-order valence-electron chi connectivity index (χ1n) is 17.0. The van der Waals surface area contributed by atoms with Gasteiger partial charge in [0.1, 0.15) is 17.1 Å². The highest BCUT2D eigenvalue weighted by Gasteiger charge is 2.32. The van der Waals surface area contributed by atoms with Crippen molar-refractivity contribution in [3.63, 3.8) is 0 Å². The molecule has 0 aliphatic heterocycles. The molecule has 0 aliphatic rings. The average molecular weight is 616 g/mol. The van der Waals surface area contributed by atoms with E-state index < -0.39 is 0 Å². The molecule has 46 heavy (non-hydrogen) atoms. The van der Waals surface area contributed by atoms with Gasteiger partial charge in [0.2, 0.25) is 0 Å². The molecular formula is C42H51N2O2+. The van der Waals surface area contributed by atoms with Crippen LogP contribution in [0.15, 0.2) is 103 Å². The van der Waals surface area contributed by atoms with Crippen LogP contribution in [0.5, 0.6) is 0 Å². The van der Waals surface area contributed by atoms with Gasteiger partial charge in [-0.15, -0.1) is 0 Å². The number of para-hydroxylation sites is 1. The zero-order valence-electron chi connectivity index (χ0n) is 28.6. The largest absolute Gasteiger partial charge is 0.466 e. The van der Waals surface area contributed by atoms with E-state index in [1.54, 1.807) is 0 Å². The molecule has 4 heteroatoms. The molecular weight excluding hydrogens is 564 g/mol. The van der Waals surface area contributed by atoms with Gasteiger partial charge >= 0.3 is 5.97 Å². The molecule has 5 rings (SSSR count). The number of quaternary nitrogens is 1. The van der Waals surface area contributed by atoms with Gasteiger partial charge in [-0.3, -0.25) is 4.79 Å². The van der Waals surface area contributed by atoms with Gasteiger partial charge in [0.25, 0.3) is 0 Å². The molecule has 4 nitrogen and oxygen atoms in total. The fourth-order valence-electron chi connectivity index (χ4n) is 6.69. The van der Waals surface area contributed by atoms with Gasteiger partial charge in [-0.2, -0.15) is 0 Å². The lowest BCUT2D eigenvalue weighted by molar-refractivity contribution is -0.143. The predicted molar refractivity (Wildman–Crippen MR) is 194 cm³/mol. The Bertz CT molecular complexity index is 1670. The number of aryl methyl sites for hydroxylation is 1. The summed E-state index contributed by atoms with van der Waals surface area (Å²) in [7, 11) is 2.32. The van der Waals surface area contributed by atoms with Crippen LogP contribution < -0.4 is 4.48 Å². The Morgan fingerprint density at radius 1 is 0.739 bits per heavy atom. The highest BCUT2D eigenvalue weighted by Crippen LogP contribution is 2.42. The summed E-state index contributed by atoms with van der Waals surface area (Å²) in [5.41, 5.74) is 10.3. The van der Waals surface area contributed by atoms with E-state index in [1.165, 1.54) is 50.2 Å². The number of fused-ring (bicyclic) bond motifs is 1. The maximum atomic E-state index is 11.9. The monoisotopic (exact) mass is 615 g/mol. The standard InChI is InChI=1S/C42H51N2O2/c1-7-46-42(45)16-11-25-43-30-36(40-14-8-9-15-41(40)43)28-35-12-10-13-39(29-35)44(6,37-21-17-33(18-22-37)26-31(2)3)38-23-19-34(20-24-38)27-32(4)5/h8-10,12-15,17-24,29-32H,7,11,16,25-28H2,1-6H3/q+1. The van der Waals surface area contributed by atoms with Gasteiger partial charge in [-0.1, -0.05) is 82.3 Å². The summed E-state index contributed by atoms with van der Waals surface area (Å²) in [6.45, 7) is 12.2. The molecule has 4 aromatic carbocycles. The number of esters is 1. The van der Waals surface area contributed by atoms with Crippen LogP contribution in [-0.4, -0.2) is 24.2 Å². The summed E-state index contributed by atoms with van der Waals surface area (Å²) in [6.07, 6.45) is 6.47. The molecule has 0 spiro atoms. The van der Waals surface area contributed by atoms with Crippen molar-refractivity contribution in [3.05, 3.63) is 126 Å². The lowest BCUT2D eigenvalue weighted by Crippen LogP contribution is -2.33. The number of nitrogens with zero attached hydrogens (tertiary/aromatic N) is 2. The van der Waals surface area contributed by atoms with Crippen LogP contribution >= 0.6 is 0 Å². The second-order valence-electron chi connectivity index (χ2n) is 13.7. The molecule has 5 aromatic rings. The number of benzene rings is 4. The minimum Gasteiger partial charge on any atom is -0.466 e. The summed E-state index contributed by atoms with van der Waals surface area (Å²) in [6, 6.07) is 36.2. The van der Waals surface area contributed by atoms with E-state index in [9.17, 15) is 4.79 Å². The van der Waals surface area contributed by atoms with E-state index in [2.05, 4.69) is 143 Å². The van der Waals surface area contributed by atoms with Gasteiger partial charge in [0.15, 0.2) is 0 Å². The van der Waals surface area contributed by atoms with Crippen LogP contribution in [0, 0.1) is 11.8 Å². The van der Waals surface area contributed by atoms with Crippen molar-refractivity contribution in [2.45, 2.75) is 73.3 Å². The molecule has 0 amide bonds. The summed E-state index contributed by atoms with van der Waals surface area (Å²) in [5, 5.41) is 1.27. The normalized spacial score (nSPS) is 11.9. The predicted octanol–water partition coefficient (Wildman–Crippen LogP) is 10.6. The third kappa shape index (κ3) is 7.79. The Morgan fingerprint density at radius 2 is 1.35 bits per heavy atom. The fraction of sp³-hybridized carbons (Fsp3) is 0.357. The topological polar surface area (TPSA) is 31.2 Å². The van der Waals surface area contributed by atoms with E-state index in [0.717, 1.165) is 32.2 Å². The number of carbonyl (C=O) groups is 1. The molecule has 0 saturated heterocycles. The third-order valence-corrected chi connectivity index (χ3v) is 8.97. The lowest BCUT2D eigenvalue weighted by atomic mass is 9.99. The molecule has 0 radical (unpaired) electrons. The van der Waals surface area contributed by atoms with Crippen LogP contribution in [0.3, 0.4) is 0 Å². The summed E-state index contributed by atoms with van der Waals surface area (Å²) < 4.78 is 8.03. The molecule has 0 bridgehead atoms.